The number of ketones is 1. The van der Waals surface area contributed by atoms with Gasteiger partial charge in [-0.1, -0.05) is 18.2 Å². The lowest BCUT2D eigenvalue weighted by atomic mass is 9.92. The predicted octanol–water partition coefficient (Wildman–Crippen LogP) is 3.71. The molecule has 4 rings (SSSR count). The summed E-state index contributed by atoms with van der Waals surface area (Å²) >= 11 is 0. The van der Waals surface area contributed by atoms with Crippen molar-refractivity contribution in [2.24, 2.45) is 0 Å². The van der Waals surface area contributed by atoms with Crippen molar-refractivity contribution in [3.05, 3.63) is 58.2 Å². The van der Waals surface area contributed by atoms with Crippen LogP contribution >= 0.6 is 0 Å². The third-order valence-electron chi connectivity index (χ3n) is 5.92. The van der Waals surface area contributed by atoms with Crippen LogP contribution in [0.4, 0.5) is 4.39 Å². The SMILES string of the molecule is Cc1c(CC(=O)NC2(C)CC2)c2c(n1Cc1ccccc1F)CCCC2=O. The molecular weight excluding hydrogens is 343 g/mol. The normalized spacial score (nSPS) is 17.5. The van der Waals surface area contributed by atoms with E-state index in [0.29, 0.717) is 24.1 Å². The molecule has 1 N–H and O–H groups in total. The van der Waals surface area contributed by atoms with Crippen molar-refractivity contribution < 1.29 is 14.0 Å². The van der Waals surface area contributed by atoms with Crippen molar-refractivity contribution in [3.8, 4) is 0 Å². The quantitative estimate of drug-likeness (QED) is 0.875. The molecule has 4 nitrogen and oxygen atoms in total. The van der Waals surface area contributed by atoms with E-state index in [4.69, 9.17) is 0 Å². The number of benzene rings is 1. The summed E-state index contributed by atoms with van der Waals surface area (Å²) in [6.07, 6.45) is 4.32. The van der Waals surface area contributed by atoms with Crippen LogP contribution in [0, 0.1) is 12.7 Å². The highest BCUT2D eigenvalue weighted by Gasteiger charge is 2.39. The number of fused-ring (bicyclic) bond motifs is 1. The lowest BCUT2D eigenvalue weighted by molar-refractivity contribution is -0.121. The molecule has 0 unspecified atom stereocenters. The number of halogens is 1. The molecule has 0 radical (unpaired) electrons. The number of nitrogens with one attached hydrogen (secondary N) is 1. The molecule has 0 spiro atoms. The van der Waals surface area contributed by atoms with Crippen LogP contribution in [0.3, 0.4) is 0 Å². The van der Waals surface area contributed by atoms with Gasteiger partial charge in [-0.3, -0.25) is 9.59 Å². The Bertz CT molecular complexity index is 925. The van der Waals surface area contributed by atoms with E-state index in [9.17, 15) is 14.0 Å². The van der Waals surface area contributed by atoms with E-state index >= 15 is 0 Å². The Hall–Kier alpha value is -2.43. The highest BCUT2D eigenvalue weighted by Crippen LogP contribution is 2.35. The van der Waals surface area contributed by atoms with Gasteiger partial charge in [-0.2, -0.15) is 0 Å². The van der Waals surface area contributed by atoms with Crippen molar-refractivity contribution >= 4 is 11.7 Å². The molecule has 0 saturated heterocycles. The Balaban J connectivity index is 1.70. The summed E-state index contributed by atoms with van der Waals surface area (Å²) in [5.41, 5.74) is 3.88. The lowest BCUT2D eigenvalue weighted by Crippen LogP contribution is -2.35. The molecule has 142 valence electrons. The van der Waals surface area contributed by atoms with Crippen molar-refractivity contribution in [2.75, 3.05) is 0 Å². The first-order valence-corrected chi connectivity index (χ1v) is 9.66. The first-order chi connectivity index (χ1) is 12.9. The summed E-state index contributed by atoms with van der Waals surface area (Å²) in [6.45, 7) is 4.36. The van der Waals surface area contributed by atoms with Gasteiger partial charge in [0, 0.05) is 34.5 Å². The number of hydrogen-bond donors (Lipinski definition) is 1. The van der Waals surface area contributed by atoms with E-state index in [1.807, 2.05) is 24.5 Å². The Morgan fingerprint density at radius 1 is 1.26 bits per heavy atom. The molecule has 1 amide bonds. The highest BCUT2D eigenvalue weighted by molar-refractivity contribution is 6.01. The average Bonchev–Trinajstić information content (AvgIpc) is 3.28. The summed E-state index contributed by atoms with van der Waals surface area (Å²) in [7, 11) is 0. The topological polar surface area (TPSA) is 51.1 Å². The van der Waals surface area contributed by atoms with Gasteiger partial charge in [0.1, 0.15) is 5.82 Å². The second-order valence-electron chi connectivity index (χ2n) is 8.13. The molecule has 1 aromatic heterocycles. The van der Waals surface area contributed by atoms with Gasteiger partial charge in [0.15, 0.2) is 5.78 Å². The maximum atomic E-state index is 14.2. The highest BCUT2D eigenvalue weighted by atomic mass is 19.1. The van der Waals surface area contributed by atoms with Gasteiger partial charge in [-0.05, 0) is 51.2 Å². The van der Waals surface area contributed by atoms with Gasteiger partial charge in [-0.25, -0.2) is 4.39 Å². The number of nitrogens with zero attached hydrogens (tertiary/aromatic N) is 1. The van der Waals surface area contributed by atoms with Crippen LogP contribution < -0.4 is 5.32 Å². The second-order valence-corrected chi connectivity index (χ2v) is 8.13. The molecule has 0 bridgehead atoms. The van der Waals surface area contributed by atoms with Gasteiger partial charge in [0.2, 0.25) is 5.91 Å². The summed E-state index contributed by atoms with van der Waals surface area (Å²) in [5, 5.41) is 3.08. The standard InChI is InChI=1S/C22H25FN2O2/c1-14-16(12-20(27)24-22(2)10-11-22)21-18(8-5-9-19(21)26)25(14)13-15-6-3-4-7-17(15)23/h3-4,6-7H,5,8-13H2,1-2H3,(H,24,27). The van der Waals surface area contributed by atoms with Crippen molar-refractivity contribution in [1.82, 2.24) is 9.88 Å². The number of carbonyl (C=O) groups excluding carboxylic acids is 2. The summed E-state index contributed by atoms with van der Waals surface area (Å²) < 4.78 is 16.2. The summed E-state index contributed by atoms with van der Waals surface area (Å²) in [4.78, 5) is 25.2. The van der Waals surface area contributed by atoms with Crippen LogP contribution in [0.25, 0.3) is 0 Å². The second kappa shape index (κ2) is 6.63. The Labute approximate surface area is 158 Å². The zero-order valence-corrected chi connectivity index (χ0v) is 15.9. The number of Topliss-reactive ketones (excluding diaryl/α,β-unsaturated/α-hetero) is 1. The molecule has 2 aliphatic carbocycles. The fourth-order valence-electron chi connectivity index (χ4n) is 4.07. The molecule has 27 heavy (non-hydrogen) atoms. The van der Waals surface area contributed by atoms with Crippen molar-refractivity contribution in [2.45, 2.75) is 64.5 Å². The Morgan fingerprint density at radius 2 is 2.00 bits per heavy atom. The van der Waals surface area contributed by atoms with Crippen LogP contribution in [0.2, 0.25) is 0 Å². The van der Waals surface area contributed by atoms with Gasteiger partial charge < -0.3 is 9.88 Å². The van der Waals surface area contributed by atoms with Crippen molar-refractivity contribution in [1.29, 1.82) is 0 Å². The number of rotatable bonds is 5. The van der Waals surface area contributed by atoms with E-state index in [1.165, 1.54) is 6.07 Å². The number of aromatic nitrogens is 1. The predicted molar refractivity (Wildman–Crippen MR) is 101 cm³/mol. The van der Waals surface area contributed by atoms with E-state index in [0.717, 1.165) is 42.6 Å². The van der Waals surface area contributed by atoms with Gasteiger partial charge in [-0.15, -0.1) is 0 Å². The first-order valence-electron chi connectivity index (χ1n) is 9.66. The van der Waals surface area contributed by atoms with E-state index in [2.05, 4.69) is 5.32 Å². The smallest absolute Gasteiger partial charge is 0.224 e. The largest absolute Gasteiger partial charge is 0.351 e. The molecule has 0 atom stereocenters. The number of amides is 1. The minimum atomic E-state index is -0.248. The first kappa shape index (κ1) is 18.0. The maximum absolute atomic E-state index is 14.2. The zero-order valence-electron chi connectivity index (χ0n) is 15.9. The number of hydrogen-bond acceptors (Lipinski definition) is 2. The summed E-state index contributed by atoms with van der Waals surface area (Å²) in [6, 6.07) is 6.72. The van der Waals surface area contributed by atoms with Crippen LogP contribution in [0.15, 0.2) is 24.3 Å². The monoisotopic (exact) mass is 368 g/mol. The molecule has 1 heterocycles. The van der Waals surface area contributed by atoms with Crippen LogP contribution in [0.1, 0.15) is 65.5 Å². The van der Waals surface area contributed by atoms with E-state index in [-0.39, 0.29) is 29.5 Å². The lowest BCUT2D eigenvalue weighted by Gasteiger charge is -2.16. The third-order valence-corrected chi connectivity index (χ3v) is 5.92. The minimum Gasteiger partial charge on any atom is -0.351 e. The molecule has 2 aromatic rings. The molecule has 1 aromatic carbocycles. The van der Waals surface area contributed by atoms with Crippen molar-refractivity contribution in [3.63, 3.8) is 0 Å². The van der Waals surface area contributed by atoms with E-state index in [1.54, 1.807) is 12.1 Å². The molecule has 2 aliphatic rings. The van der Waals surface area contributed by atoms with Crippen LogP contribution in [-0.4, -0.2) is 21.8 Å². The Kier molecular flexibility index (Phi) is 4.41. The Morgan fingerprint density at radius 3 is 2.70 bits per heavy atom. The van der Waals surface area contributed by atoms with Crippen LogP contribution in [0.5, 0.6) is 0 Å². The third kappa shape index (κ3) is 3.43. The zero-order chi connectivity index (χ0) is 19.2. The molecule has 5 heteroatoms. The van der Waals surface area contributed by atoms with Gasteiger partial charge >= 0.3 is 0 Å². The molecule has 1 fully saturated rings. The van der Waals surface area contributed by atoms with Gasteiger partial charge in [0.25, 0.3) is 0 Å². The van der Waals surface area contributed by atoms with Crippen LogP contribution in [-0.2, 0) is 24.2 Å². The fourth-order valence-corrected chi connectivity index (χ4v) is 4.07. The molecule has 1 saturated carbocycles. The minimum absolute atomic E-state index is 0.0395. The molecule has 0 aliphatic heterocycles. The molecular formula is C22H25FN2O2. The van der Waals surface area contributed by atoms with Gasteiger partial charge in [0.05, 0.1) is 13.0 Å². The fraction of sp³-hybridized carbons (Fsp3) is 0.455. The summed E-state index contributed by atoms with van der Waals surface area (Å²) in [5.74, 6) is -0.184. The van der Waals surface area contributed by atoms with E-state index < -0.39 is 0 Å². The number of carbonyl (C=O) groups is 2. The maximum Gasteiger partial charge on any atom is 0.224 e. The average molecular weight is 368 g/mol.